The Balaban J connectivity index is 1.45. The summed E-state index contributed by atoms with van der Waals surface area (Å²) in [6.07, 6.45) is 3.27. The van der Waals surface area contributed by atoms with Gasteiger partial charge in [-0.1, -0.05) is 13.8 Å². The van der Waals surface area contributed by atoms with Crippen molar-refractivity contribution in [3.63, 3.8) is 0 Å². The predicted octanol–water partition coefficient (Wildman–Crippen LogP) is 3.00. The van der Waals surface area contributed by atoms with E-state index in [1.165, 1.54) is 6.33 Å². The van der Waals surface area contributed by atoms with Crippen LogP contribution in [0.2, 0.25) is 0 Å². The number of anilines is 2. The number of fused-ring (bicyclic) bond motifs is 3. The van der Waals surface area contributed by atoms with Crippen molar-refractivity contribution in [3.05, 3.63) is 53.7 Å². The summed E-state index contributed by atoms with van der Waals surface area (Å²) in [4.78, 5) is 21.2. The third-order valence-corrected chi connectivity index (χ3v) is 5.74. The van der Waals surface area contributed by atoms with Crippen LogP contribution in [0.3, 0.4) is 0 Å². The van der Waals surface area contributed by atoms with E-state index in [0.29, 0.717) is 36.4 Å². The Hall–Kier alpha value is -3.92. The Labute approximate surface area is 190 Å². The van der Waals surface area contributed by atoms with Crippen LogP contribution < -0.4 is 15.8 Å². The molecule has 0 aliphatic carbocycles. The lowest BCUT2D eigenvalue weighted by atomic mass is 10.1. The number of ether oxygens (including phenoxy) is 2. The van der Waals surface area contributed by atoms with E-state index in [2.05, 4.69) is 34.2 Å². The van der Waals surface area contributed by atoms with Gasteiger partial charge in [-0.15, -0.1) is 0 Å². The molecule has 0 fully saturated rings. The van der Waals surface area contributed by atoms with Crippen molar-refractivity contribution >= 4 is 28.4 Å². The van der Waals surface area contributed by atoms with Gasteiger partial charge in [-0.2, -0.15) is 5.10 Å². The molecule has 4 heterocycles. The molecule has 10 heteroatoms. The van der Waals surface area contributed by atoms with E-state index in [9.17, 15) is 4.79 Å². The SMILES string of the molecule is COc1cc(-n2c3c(c4ncnc(N)c42)COC3)ccc1NC(=O)Cn1ccc(C(C)C)n1. The zero-order valence-corrected chi connectivity index (χ0v) is 18.7. The van der Waals surface area contributed by atoms with Gasteiger partial charge in [0.15, 0.2) is 5.82 Å². The minimum atomic E-state index is -0.196. The van der Waals surface area contributed by atoms with Gasteiger partial charge in [-0.25, -0.2) is 9.97 Å². The molecule has 0 unspecified atom stereocenters. The second kappa shape index (κ2) is 8.21. The third-order valence-electron chi connectivity index (χ3n) is 5.74. The second-order valence-corrected chi connectivity index (χ2v) is 8.24. The zero-order chi connectivity index (χ0) is 23.1. The van der Waals surface area contributed by atoms with Gasteiger partial charge in [0.05, 0.1) is 37.4 Å². The van der Waals surface area contributed by atoms with E-state index in [-0.39, 0.29) is 12.5 Å². The molecule has 0 radical (unpaired) electrons. The number of carbonyl (C=O) groups excluding carboxylic acids is 1. The highest BCUT2D eigenvalue weighted by Crippen LogP contribution is 2.37. The first-order valence-corrected chi connectivity index (χ1v) is 10.7. The van der Waals surface area contributed by atoms with E-state index in [0.717, 1.165) is 33.7 Å². The molecule has 5 rings (SSSR count). The largest absolute Gasteiger partial charge is 0.494 e. The number of nitrogens with zero attached hydrogens (tertiary/aromatic N) is 5. The Morgan fingerprint density at radius 3 is 2.88 bits per heavy atom. The average molecular weight is 447 g/mol. The summed E-state index contributed by atoms with van der Waals surface area (Å²) >= 11 is 0. The van der Waals surface area contributed by atoms with E-state index in [4.69, 9.17) is 15.2 Å². The first-order chi connectivity index (χ1) is 16.0. The molecule has 0 saturated carbocycles. The van der Waals surface area contributed by atoms with Gasteiger partial charge < -0.3 is 25.1 Å². The molecule has 0 saturated heterocycles. The van der Waals surface area contributed by atoms with Crippen LogP contribution in [0, 0.1) is 0 Å². The summed E-state index contributed by atoms with van der Waals surface area (Å²) in [7, 11) is 1.57. The molecule has 0 bridgehead atoms. The molecule has 0 spiro atoms. The highest BCUT2D eigenvalue weighted by Gasteiger charge is 2.26. The fraction of sp³-hybridized carbons (Fsp3) is 0.304. The van der Waals surface area contributed by atoms with Crippen LogP contribution in [0.15, 0.2) is 36.8 Å². The Kier molecular flexibility index (Phi) is 5.21. The third kappa shape index (κ3) is 3.68. The zero-order valence-electron chi connectivity index (χ0n) is 18.7. The molecule has 0 atom stereocenters. The summed E-state index contributed by atoms with van der Waals surface area (Å²) < 4.78 is 14.9. The molecule has 170 valence electrons. The fourth-order valence-corrected chi connectivity index (χ4v) is 4.11. The van der Waals surface area contributed by atoms with Gasteiger partial charge in [0.1, 0.15) is 29.7 Å². The Morgan fingerprint density at radius 1 is 1.27 bits per heavy atom. The topological polar surface area (TPSA) is 122 Å². The maximum absolute atomic E-state index is 12.6. The summed E-state index contributed by atoms with van der Waals surface area (Å²) in [6.45, 7) is 5.17. The molecule has 10 nitrogen and oxygen atoms in total. The maximum atomic E-state index is 12.6. The van der Waals surface area contributed by atoms with Gasteiger partial charge in [0, 0.05) is 23.5 Å². The van der Waals surface area contributed by atoms with Gasteiger partial charge in [-0.05, 0) is 24.1 Å². The van der Waals surface area contributed by atoms with Gasteiger partial charge in [0.25, 0.3) is 0 Å². The quantitative estimate of drug-likeness (QED) is 0.466. The Bertz CT molecular complexity index is 1360. The standard InChI is InChI=1S/C23H25N7O3/c1-13(2)16-6-7-29(28-16)9-20(31)27-17-5-4-14(8-19(17)32-3)30-18-11-33-10-15(18)21-22(30)23(24)26-12-25-21/h4-8,12-13H,9-11H2,1-3H3,(H,27,31)(H2,24,25,26). The van der Waals surface area contributed by atoms with Crippen molar-refractivity contribution in [1.29, 1.82) is 0 Å². The minimum Gasteiger partial charge on any atom is -0.494 e. The molecule has 1 aromatic carbocycles. The number of amides is 1. The van der Waals surface area contributed by atoms with Crippen molar-refractivity contribution in [2.45, 2.75) is 39.5 Å². The summed E-state index contributed by atoms with van der Waals surface area (Å²) in [5, 5.41) is 7.35. The van der Waals surface area contributed by atoms with Crippen LogP contribution in [0.25, 0.3) is 16.7 Å². The van der Waals surface area contributed by atoms with Crippen LogP contribution in [-0.4, -0.2) is 37.3 Å². The molecule has 33 heavy (non-hydrogen) atoms. The molecule has 3 aromatic heterocycles. The maximum Gasteiger partial charge on any atom is 0.246 e. The monoisotopic (exact) mass is 447 g/mol. The molecule has 1 aliphatic heterocycles. The number of nitrogens with two attached hydrogens (primary N) is 1. The van der Waals surface area contributed by atoms with E-state index in [1.807, 2.05) is 35.0 Å². The number of nitrogens with one attached hydrogen (secondary N) is 1. The van der Waals surface area contributed by atoms with Gasteiger partial charge in [0.2, 0.25) is 5.91 Å². The molecule has 1 amide bonds. The summed E-state index contributed by atoms with van der Waals surface area (Å²) in [5.41, 5.74) is 12.1. The number of hydrogen-bond donors (Lipinski definition) is 2. The van der Waals surface area contributed by atoms with Crippen LogP contribution in [0.4, 0.5) is 11.5 Å². The number of nitrogen functional groups attached to an aromatic ring is 1. The van der Waals surface area contributed by atoms with Crippen molar-refractivity contribution in [3.8, 4) is 11.4 Å². The molecule has 3 N–H and O–H groups in total. The van der Waals surface area contributed by atoms with Crippen molar-refractivity contribution in [2.75, 3.05) is 18.2 Å². The summed E-state index contributed by atoms with van der Waals surface area (Å²) in [6, 6.07) is 7.48. The molecular formula is C23H25N7O3. The van der Waals surface area contributed by atoms with Crippen molar-refractivity contribution < 1.29 is 14.3 Å². The molecule has 4 aromatic rings. The minimum absolute atomic E-state index is 0.110. The van der Waals surface area contributed by atoms with Crippen LogP contribution in [-0.2, 0) is 29.3 Å². The Morgan fingerprint density at radius 2 is 2.12 bits per heavy atom. The number of hydrogen-bond acceptors (Lipinski definition) is 7. The van der Waals surface area contributed by atoms with Gasteiger partial charge >= 0.3 is 0 Å². The first kappa shape index (κ1) is 21.0. The lowest BCUT2D eigenvalue weighted by Gasteiger charge is -2.15. The highest BCUT2D eigenvalue weighted by atomic mass is 16.5. The predicted molar refractivity (Wildman–Crippen MR) is 123 cm³/mol. The molecular weight excluding hydrogens is 422 g/mol. The van der Waals surface area contributed by atoms with E-state index < -0.39 is 0 Å². The van der Waals surface area contributed by atoms with Crippen LogP contribution in [0.5, 0.6) is 5.75 Å². The lowest BCUT2D eigenvalue weighted by molar-refractivity contribution is -0.116. The van der Waals surface area contributed by atoms with Crippen LogP contribution in [0.1, 0.15) is 36.7 Å². The second-order valence-electron chi connectivity index (χ2n) is 8.24. The number of methoxy groups -OCH3 is 1. The highest BCUT2D eigenvalue weighted by molar-refractivity contribution is 5.93. The van der Waals surface area contributed by atoms with E-state index in [1.54, 1.807) is 11.8 Å². The van der Waals surface area contributed by atoms with Crippen molar-refractivity contribution in [2.24, 2.45) is 0 Å². The average Bonchev–Trinajstić information content (AvgIpc) is 3.51. The van der Waals surface area contributed by atoms with E-state index >= 15 is 0 Å². The lowest BCUT2D eigenvalue weighted by Crippen LogP contribution is -2.19. The fourth-order valence-electron chi connectivity index (χ4n) is 4.11. The first-order valence-electron chi connectivity index (χ1n) is 10.7. The number of rotatable bonds is 6. The normalized spacial score (nSPS) is 13.0. The molecule has 1 aliphatic rings. The number of carbonyl (C=O) groups is 1. The van der Waals surface area contributed by atoms with Gasteiger partial charge in [-0.3, -0.25) is 9.48 Å². The van der Waals surface area contributed by atoms with Crippen LogP contribution >= 0.6 is 0 Å². The summed E-state index contributed by atoms with van der Waals surface area (Å²) in [5.74, 6) is 1.02. The number of aromatic nitrogens is 5. The smallest absolute Gasteiger partial charge is 0.246 e. The number of benzene rings is 1. The van der Waals surface area contributed by atoms with Crippen molar-refractivity contribution in [1.82, 2.24) is 24.3 Å².